The molecule has 0 aromatic heterocycles. The molecule has 2 aliphatic heterocycles. The molecule has 2 heterocycles. The maximum absolute atomic E-state index is 13.2. The van der Waals surface area contributed by atoms with Crippen LogP contribution in [0.15, 0.2) is 18.2 Å². The van der Waals surface area contributed by atoms with Gasteiger partial charge in [0.1, 0.15) is 17.2 Å². The summed E-state index contributed by atoms with van der Waals surface area (Å²) in [5.74, 6) is 0.166. The van der Waals surface area contributed by atoms with E-state index in [4.69, 9.17) is 4.74 Å². The number of fused-ring (bicyclic) bond motifs is 1. The van der Waals surface area contributed by atoms with Gasteiger partial charge in [-0.1, -0.05) is 0 Å². The highest BCUT2D eigenvalue weighted by molar-refractivity contribution is 6.00. The van der Waals surface area contributed by atoms with Crippen LogP contribution in [0.5, 0.6) is 5.75 Å². The molecule has 0 radical (unpaired) electrons. The fourth-order valence-electron chi connectivity index (χ4n) is 3.05. The summed E-state index contributed by atoms with van der Waals surface area (Å²) >= 11 is 0. The number of rotatable bonds is 0. The molecule has 1 saturated heterocycles. The second-order valence-corrected chi connectivity index (χ2v) is 5.68. The topological polar surface area (TPSA) is 29.5 Å². The molecule has 102 valence electrons. The van der Waals surface area contributed by atoms with Crippen LogP contribution in [-0.2, 0) is 0 Å². The molecule has 1 aromatic carbocycles. The summed E-state index contributed by atoms with van der Waals surface area (Å²) in [5.41, 5.74) is 0.00961. The molecule has 0 aliphatic carbocycles. The lowest BCUT2D eigenvalue weighted by atomic mass is 9.84. The van der Waals surface area contributed by atoms with Crippen LogP contribution >= 0.6 is 0 Å². The summed E-state index contributed by atoms with van der Waals surface area (Å²) in [5, 5.41) is 0. The van der Waals surface area contributed by atoms with Gasteiger partial charge in [0.15, 0.2) is 5.78 Å². The first-order valence-corrected chi connectivity index (χ1v) is 6.78. The number of ketones is 1. The molecule has 1 atom stereocenters. The van der Waals surface area contributed by atoms with E-state index in [1.165, 1.54) is 12.1 Å². The standard InChI is InChI=1S/C15H18FNO2/c1-17-7-2-5-15(6-8-17)10-13(18)12-9-11(16)3-4-14(12)19-15/h3-4,9H,2,5-8,10H2,1H3. The Morgan fingerprint density at radius 2 is 2.16 bits per heavy atom. The Hall–Kier alpha value is -1.42. The lowest BCUT2D eigenvalue weighted by Crippen LogP contribution is -2.42. The van der Waals surface area contributed by atoms with Crippen molar-refractivity contribution >= 4 is 5.78 Å². The number of carbonyl (C=O) groups is 1. The van der Waals surface area contributed by atoms with Crippen molar-refractivity contribution in [2.45, 2.75) is 31.3 Å². The van der Waals surface area contributed by atoms with E-state index >= 15 is 0 Å². The predicted octanol–water partition coefficient (Wildman–Crippen LogP) is 2.65. The molecule has 2 aliphatic rings. The molecular formula is C15H18FNO2. The Bertz CT molecular complexity index is 517. The van der Waals surface area contributed by atoms with Gasteiger partial charge in [-0.25, -0.2) is 4.39 Å². The Morgan fingerprint density at radius 3 is 3.00 bits per heavy atom. The van der Waals surface area contributed by atoms with Crippen LogP contribution < -0.4 is 4.74 Å². The largest absolute Gasteiger partial charge is 0.486 e. The van der Waals surface area contributed by atoms with E-state index in [1.807, 2.05) is 0 Å². The van der Waals surface area contributed by atoms with Crippen molar-refractivity contribution in [3.8, 4) is 5.75 Å². The van der Waals surface area contributed by atoms with Crippen LogP contribution in [0, 0.1) is 5.82 Å². The van der Waals surface area contributed by atoms with Crippen LogP contribution in [0.4, 0.5) is 4.39 Å². The monoisotopic (exact) mass is 263 g/mol. The number of benzene rings is 1. The number of hydrogen-bond donors (Lipinski definition) is 0. The first-order valence-electron chi connectivity index (χ1n) is 6.78. The van der Waals surface area contributed by atoms with Crippen LogP contribution in [0.2, 0.25) is 0 Å². The van der Waals surface area contributed by atoms with E-state index in [9.17, 15) is 9.18 Å². The second kappa shape index (κ2) is 4.60. The van der Waals surface area contributed by atoms with Crippen LogP contribution in [0.25, 0.3) is 0 Å². The van der Waals surface area contributed by atoms with Gasteiger partial charge in [-0.3, -0.25) is 4.79 Å². The molecule has 3 rings (SSSR count). The maximum Gasteiger partial charge on any atom is 0.170 e. The smallest absolute Gasteiger partial charge is 0.170 e. The van der Waals surface area contributed by atoms with E-state index in [1.54, 1.807) is 6.07 Å². The predicted molar refractivity (Wildman–Crippen MR) is 70.1 cm³/mol. The number of Topliss-reactive ketones (excluding diaryl/α,β-unsaturated/α-hetero) is 1. The number of ether oxygens (including phenoxy) is 1. The highest BCUT2D eigenvalue weighted by atomic mass is 19.1. The quantitative estimate of drug-likeness (QED) is 0.720. The zero-order chi connectivity index (χ0) is 13.5. The lowest BCUT2D eigenvalue weighted by Gasteiger charge is -2.37. The minimum atomic E-state index is -0.382. The van der Waals surface area contributed by atoms with Gasteiger partial charge in [0.25, 0.3) is 0 Å². The van der Waals surface area contributed by atoms with Gasteiger partial charge in [-0.15, -0.1) is 0 Å². The summed E-state index contributed by atoms with van der Waals surface area (Å²) in [6, 6.07) is 4.22. The molecule has 3 nitrogen and oxygen atoms in total. The Balaban J connectivity index is 1.91. The van der Waals surface area contributed by atoms with Crippen molar-refractivity contribution in [1.29, 1.82) is 0 Å². The van der Waals surface area contributed by atoms with Crippen molar-refractivity contribution in [1.82, 2.24) is 4.90 Å². The third-order valence-corrected chi connectivity index (χ3v) is 4.17. The highest BCUT2D eigenvalue weighted by Gasteiger charge is 2.41. The van der Waals surface area contributed by atoms with E-state index < -0.39 is 0 Å². The van der Waals surface area contributed by atoms with Gasteiger partial charge in [0.2, 0.25) is 0 Å². The van der Waals surface area contributed by atoms with Crippen LogP contribution in [0.3, 0.4) is 0 Å². The second-order valence-electron chi connectivity index (χ2n) is 5.68. The SMILES string of the molecule is CN1CCCC2(CC1)CC(=O)c1cc(F)ccc1O2. The summed E-state index contributed by atoms with van der Waals surface area (Å²) in [6.07, 6.45) is 3.14. The molecule has 19 heavy (non-hydrogen) atoms. The van der Waals surface area contributed by atoms with Crippen LogP contribution in [0.1, 0.15) is 36.0 Å². The van der Waals surface area contributed by atoms with E-state index in [-0.39, 0.29) is 17.2 Å². The molecule has 0 saturated carbocycles. The van der Waals surface area contributed by atoms with Crippen LogP contribution in [-0.4, -0.2) is 36.4 Å². The Kier molecular flexibility index (Phi) is 3.05. The summed E-state index contributed by atoms with van der Waals surface area (Å²) in [6.45, 7) is 1.97. The minimum Gasteiger partial charge on any atom is -0.486 e. The number of carbonyl (C=O) groups excluding carboxylic acids is 1. The van der Waals surface area contributed by atoms with Crippen molar-refractivity contribution < 1.29 is 13.9 Å². The van der Waals surface area contributed by atoms with Gasteiger partial charge >= 0.3 is 0 Å². The number of halogens is 1. The van der Waals surface area contributed by atoms with Gasteiger partial charge < -0.3 is 9.64 Å². The maximum atomic E-state index is 13.2. The minimum absolute atomic E-state index is 0.00491. The molecule has 1 aromatic rings. The Morgan fingerprint density at radius 1 is 1.32 bits per heavy atom. The molecule has 0 bridgehead atoms. The highest BCUT2D eigenvalue weighted by Crippen LogP contribution is 2.39. The van der Waals surface area contributed by atoms with Gasteiger partial charge in [0.05, 0.1) is 12.0 Å². The molecule has 1 fully saturated rings. The molecule has 0 amide bonds. The third-order valence-electron chi connectivity index (χ3n) is 4.17. The fourth-order valence-corrected chi connectivity index (χ4v) is 3.05. The molecule has 1 unspecified atom stereocenters. The van der Waals surface area contributed by atoms with Gasteiger partial charge in [0, 0.05) is 13.0 Å². The average Bonchev–Trinajstić information content (AvgIpc) is 2.54. The first-order chi connectivity index (χ1) is 9.08. The normalized spacial score (nSPS) is 27.8. The van der Waals surface area contributed by atoms with E-state index in [0.29, 0.717) is 17.7 Å². The van der Waals surface area contributed by atoms with E-state index in [0.717, 1.165) is 32.4 Å². The van der Waals surface area contributed by atoms with Crippen molar-refractivity contribution in [3.05, 3.63) is 29.6 Å². The first kappa shape index (κ1) is 12.6. The summed E-state index contributed by atoms with van der Waals surface area (Å²) in [7, 11) is 2.09. The fraction of sp³-hybridized carbons (Fsp3) is 0.533. The van der Waals surface area contributed by atoms with Crippen molar-refractivity contribution in [2.24, 2.45) is 0 Å². The third kappa shape index (κ3) is 2.37. The lowest BCUT2D eigenvalue weighted by molar-refractivity contribution is 0.0303. The zero-order valence-corrected chi connectivity index (χ0v) is 11.1. The average molecular weight is 263 g/mol. The number of likely N-dealkylation sites (tertiary alicyclic amines) is 1. The van der Waals surface area contributed by atoms with E-state index in [2.05, 4.69) is 11.9 Å². The van der Waals surface area contributed by atoms with Gasteiger partial charge in [-0.05, 0) is 44.6 Å². The molecular weight excluding hydrogens is 245 g/mol. The summed E-state index contributed by atoms with van der Waals surface area (Å²) < 4.78 is 19.3. The molecule has 4 heteroatoms. The van der Waals surface area contributed by atoms with Crippen molar-refractivity contribution in [3.63, 3.8) is 0 Å². The molecule has 1 spiro atoms. The number of hydrogen-bond acceptors (Lipinski definition) is 3. The number of nitrogens with zero attached hydrogens (tertiary/aromatic N) is 1. The zero-order valence-electron chi connectivity index (χ0n) is 11.1. The van der Waals surface area contributed by atoms with Gasteiger partial charge in [-0.2, -0.15) is 0 Å². The molecule has 0 N–H and O–H groups in total. The van der Waals surface area contributed by atoms with Crippen molar-refractivity contribution in [2.75, 3.05) is 20.1 Å². The summed E-state index contributed by atoms with van der Waals surface area (Å²) in [4.78, 5) is 14.5. The Labute approximate surface area is 112 Å².